The molecular weight excluding hydrogens is 180 g/mol. The van der Waals surface area contributed by atoms with Crippen molar-refractivity contribution in [1.82, 2.24) is 9.59 Å². The van der Waals surface area contributed by atoms with E-state index in [0.717, 1.165) is 11.3 Å². The molecule has 2 rings (SSSR count). The number of hydrogen-bond acceptors (Lipinski definition) is 3. The lowest BCUT2D eigenvalue weighted by Gasteiger charge is -1.84. The molecule has 0 spiro atoms. The molecule has 0 bridgehead atoms. The average molecular weight is 186 g/mol. The van der Waals surface area contributed by atoms with Crippen LogP contribution in [0.2, 0.25) is 0 Å². The maximum absolute atomic E-state index is 3.83. The summed E-state index contributed by atoms with van der Waals surface area (Å²) in [7, 11) is 0. The van der Waals surface area contributed by atoms with Gasteiger partial charge in [0.25, 0.3) is 0 Å². The smallest absolute Gasteiger partial charge is 0.129 e. The maximum atomic E-state index is 3.83. The molecule has 1 heterocycles. The quantitative estimate of drug-likeness (QED) is 0.587. The normalized spacial score (nSPS) is 8.92. The van der Waals surface area contributed by atoms with E-state index in [1.165, 1.54) is 11.5 Å². The predicted molar refractivity (Wildman–Crippen MR) is 52.3 cm³/mol. The zero-order chi connectivity index (χ0) is 8.93. The van der Waals surface area contributed by atoms with Crippen LogP contribution in [0.1, 0.15) is 11.3 Å². The summed E-state index contributed by atoms with van der Waals surface area (Å²) in [6, 6.07) is 9.82. The lowest BCUT2D eigenvalue weighted by atomic mass is 10.2. The van der Waals surface area contributed by atoms with Crippen molar-refractivity contribution >= 4 is 11.5 Å². The summed E-state index contributed by atoms with van der Waals surface area (Å²) in [5, 5.41) is 5.66. The zero-order valence-corrected chi connectivity index (χ0v) is 7.58. The number of aromatic nitrogens is 2. The van der Waals surface area contributed by atoms with Crippen LogP contribution in [0.15, 0.2) is 35.7 Å². The molecule has 1 aromatic heterocycles. The van der Waals surface area contributed by atoms with Crippen molar-refractivity contribution in [2.45, 2.75) is 0 Å². The second kappa shape index (κ2) is 3.83. The largest absolute Gasteiger partial charge is 0.148 e. The van der Waals surface area contributed by atoms with Gasteiger partial charge in [-0.25, -0.2) is 0 Å². The van der Waals surface area contributed by atoms with Crippen LogP contribution in [0.25, 0.3) is 0 Å². The van der Waals surface area contributed by atoms with E-state index in [-0.39, 0.29) is 0 Å². The Labute approximate surface area is 80.4 Å². The van der Waals surface area contributed by atoms with Gasteiger partial charge in [-0.3, -0.25) is 0 Å². The molecule has 3 heteroatoms. The number of benzene rings is 1. The Morgan fingerprint density at radius 1 is 1.08 bits per heavy atom. The van der Waals surface area contributed by atoms with Crippen molar-refractivity contribution in [2.75, 3.05) is 0 Å². The fraction of sp³-hybridized carbons (Fsp3) is 0. The molecule has 0 radical (unpaired) electrons. The third kappa shape index (κ3) is 2.14. The fourth-order valence-electron chi connectivity index (χ4n) is 0.877. The summed E-state index contributed by atoms with van der Waals surface area (Å²) in [6.45, 7) is 0. The van der Waals surface area contributed by atoms with Crippen molar-refractivity contribution in [1.29, 1.82) is 0 Å². The van der Waals surface area contributed by atoms with Gasteiger partial charge in [-0.15, -0.1) is 5.10 Å². The van der Waals surface area contributed by atoms with Crippen molar-refractivity contribution in [3.63, 3.8) is 0 Å². The summed E-state index contributed by atoms with van der Waals surface area (Å²) in [4.78, 5) is 0. The molecule has 1 aromatic carbocycles. The minimum atomic E-state index is 0.730. The number of hydrogen-bond donors (Lipinski definition) is 0. The molecule has 13 heavy (non-hydrogen) atoms. The van der Waals surface area contributed by atoms with Crippen molar-refractivity contribution in [3.8, 4) is 11.8 Å². The van der Waals surface area contributed by atoms with Crippen LogP contribution >= 0.6 is 11.5 Å². The van der Waals surface area contributed by atoms with Crippen molar-refractivity contribution in [3.05, 3.63) is 47.0 Å². The molecule has 0 aliphatic heterocycles. The molecule has 0 aliphatic rings. The lowest BCUT2D eigenvalue weighted by molar-refractivity contribution is 1.13. The molecule has 0 saturated carbocycles. The van der Waals surface area contributed by atoms with Crippen LogP contribution in [0.5, 0.6) is 0 Å². The summed E-state index contributed by atoms with van der Waals surface area (Å²) in [5.74, 6) is 5.93. The molecule has 0 amide bonds. The van der Waals surface area contributed by atoms with Crippen LogP contribution in [0, 0.1) is 11.8 Å². The van der Waals surface area contributed by atoms with Crippen LogP contribution in [-0.2, 0) is 0 Å². The summed E-state index contributed by atoms with van der Waals surface area (Å²) >= 11 is 1.31. The molecule has 2 nitrogen and oxygen atoms in total. The van der Waals surface area contributed by atoms with Gasteiger partial charge in [-0.05, 0) is 29.6 Å². The Morgan fingerprint density at radius 2 is 1.92 bits per heavy atom. The van der Waals surface area contributed by atoms with Gasteiger partial charge in [0.05, 0.1) is 0 Å². The average Bonchev–Trinajstić information content (AvgIpc) is 2.69. The Kier molecular flexibility index (Phi) is 2.35. The molecule has 0 atom stereocenters. The third-order valence-electron chi connectivity index (χ3n) is 1.47. The zero-order valence-electron chi connectivity index (χ0n) is 6.77. The summed E-state index contributed by atoms with van der Waals surface area (Å²) < 4.78 is 3.72. The molecule has 0 N–H and O–H groups in total. The van der Waals surface area contributed by atoms with Crippen molar-refractivity contribution < 1.29 is 0 Å². The van der Waals surface area contributed by atoms with Gasteiger partial charge >= 0.3 is 0 Å². The first-order valence-corrected chi connectivity index (χ1v) is 4.63. The molecule has 0 unspecified atom stereocenters. The van der Waals surface area contributed by atoms with Gasteiger partial charge in [0, 0.05) is 10.9 Å². The molecule has 0 fully saturated rings. The molecular formula is C10H6N2S. The standard InChI is InChI=1S/C10H6N2S/c1-2-4-9(5-3-1)6-7-10-8-13-12-11-10/h1-5,8H. The lowest BCUT2D eigenvalue weighted by Crippen LogP contribution is -1.74. The van der Waals surface area contributed by atoms with E-state index in [0.29, 0.717) is 0 Å². The Hall–Kier alpha value is -1.66. The third-order valence-corrected chi connectivity index (χ3v) is 1.97. The number of rotatable bonds is 0. The fourth-order valence-corrected chi connectivity index (χ4v) is 1.26. The van der Waals surface area contributed by atoms with Gasteiger partial charge in [-0.2, -0.15) is 0 Å². The monoisotopic (exact) mass is 186 g/mol. The second-order valence-electron chi connectivity index (χ2n) is 2.41. The molecule has 2 aromatic rings. The van der Waals surface area contributed by atoms with Gasteiger partial charge in [-0.1, -0.05) is 28.6 Å². The van der Waals surface area contributed by atoms with E-state index < -0.39 is 0 Å². The van der Waals surface area contributed by atoms with Crippen LogP contribution < -0.4 is 0 Å². The minimum absolute atomic E-state index is 0.730. The highest BCUT2D eigenvalue weighted by Crippen LogP contribution is 1.97. The first-order valence-electron chi connectivity index (χ1n) is 3.79. The Morgan fingerprint density at radius 3 is 2.62 bits per heavy atom. The first kappa shape index (κ1) is 7.96. The van der Waals surface area contributed by atoms with E-state index in [4.69, 9.17) is 0 Å². The van der Waals surface area contributed by atoms with Gasteiger partial charge in [0.15, 0.2) is 0 Å². The van der Waals surface area contributed by atoms with E-state index in [1.54, 1.807) is 0 Å². The number of nitrogens with zero attached hydrogens (tertiary/aromatic N) is 2. The molecule has 0 saturated heterocycles. The maximum Gasteiger partial charge on any atom is 0.148 e. The topological polar surface area (TPSA) is 25.8 Å². The minimum Gasteiger partial charge on any atom is -0.129 e. The summed E-state index contributed by atoms with van der Waals surface area (Å²) in [6.07, 6.45) is 0. The van der Waals surface area contributed by atoms with Gasteiger partial charge < -0.3 is 0 Å². The van der Waals surface area contributed by atoms with E-state index in [1.807, 2.05) is 35.7 Å². The van der Waals surface area contributed by atoms with Gasteiger partial charge in [0.2, 0.25) is 0 Å². The van der Waals surface area contributed by atoms with Gasteiger partial charge in [0.1, 0.15) is 5.69 Å². The van der Waals surface area contributed by atoms with E-state index in [9.17, 15) is 0 Å². The predicted octanol–water partition coefficient (Wildman–Crippen LogP) is 1.94. The highest BCUT2D eigenvalue weighted by molar-refractivity contribution is 7.03. The second-order valence-corrected chi connectivity index (χ2v) is 3.02. The SMILES string of the molecule is C(#Cc1csnn1)c1ccccc1. The Bertz CT molecular complexity index is 423. The molecule has 0 aliphatic carbocycles. The van der Waals surface area contributed by atoms with Crippen molar-refractivity contribution in [2.24, 2.45) is 0 Å². The van der Waals surface area contributed by atoms with E-state index >= 15 is 0 Å². The van der Waals surface area contributed by atoms with Crippen LogP contribution in [-0.4, -0.2) is 9.59 Å². The highest BCUT2D eigenvalue weighted by Gasteiger charge is 1.87. The summed E-state index contributed by atoms with van der Waals surface area (Å²) in [5.41, 5.74) is 1.73. The van der Waals surface area contributed by atoms with Crippen LogP contribution in [0.4, 0.5) is 0 Å². The Balaban J connectivity index is 2.23. The van der Waals surface area contributed by atoms with Crippen LogP contribution in [0.3, 0.4) is 0 Å². The first-order chi connectivity index (χ1) is 6.45. The van der Waals surface area contributed by atoms with E-state index in [2.05, 4.69) is 21.4 Å². The molecule has 62 valence electrons. The highest BCUT2D eigenvalue weighted by atomic mass is 32.1.